The Balaban J connectivity index is 1.86. The molecule has 0 aromatic rings. The van der Waals surface area contributed by atoms with Gasteiger partial charge in [-0.25, -0.2) is 0 Å². The fourth-order valence-electron chi connectivity index (χ4n) is 3.23. The molecule has 5 nitrogen and oxygen atoms in total. The third-order valence-corrected chi connectivity index (χ3v) is 4.64. The molecule has 2 aliphatic rings. The maximum absolute atomic E-state index is 12.4. The fourth-order valence-corrected chi connectivity index (χ4v) is 3.23. The van der Waals surface area contributed by atoms with Crippen molar-refractivity contribution in [2.75, 3.05) is 39.8 Å². The Bertz CT molecular complexity index is 386. The van der Waals surface area contributed by atoms with E-state index >= 15 is 0 Å². The second kappa shape index (κ2) is 6.55. The Morgan fingerprint density at radius 2 is 2.20 bits per heavy atom. The van der Waals surface area contributed by atoms with Crippen molar-refractivity contribution in [3.8, 4) is 6.07 Å². The van der Waals surface area contributed by atoms with Crippen molar-refractivity contribution in [3.05, 3.63) is 0 Å². The van der Waals surface area contributed by atoms with Crippen LogP contribution in [0.15, 0.2) is 0 Å². The molecule has 5 heteroatoms. The molecule has 0 aromatic carbocycles. The summed E-state index contributed by atoms with van der Waals surface area (Å²) in [6, 6.07) is 2.87. The summed E-state index contributed by atoms with van der Waals surface area (Å²) in [5.74, 6) is 0.173. The Kier molecular flexibility index (Phi) is 5.00. The average molecular weight is 278 g/mol. The predicted octanol–water partition coefficient (Wildman–Crippen LogP) is 0.822. The smallest absolute Gasteiger partial charge is 0.236 e. The number of rotatable bonds is 3. The normalized spacial score (nSPS) is 28.4. The summed E-state index contributed by atoms with van der Waals surface area (Å²) >= 11 is 0. The van der Waals surface area contributed by atoms with Crippen LogP contribution in [0, 0.1) is 16.7 Å². The van der Waals surface area contributed by atoms with Gasteiger partial charge in [-0.05, 0) is 52.7 Å². The van der Waals surface area contributed by atoms with Gasteiger partial charge in [0.05, 0.1) is 18.0 Å². The molecule has 2 saturated heterocycles. The van der Waals surface area contributed by atoms with Crippen molar-refractivity contribution in [1.82, 2.24) is 15.1 Å². The predicted molar refractivity (Wildman–Crippen MR) is 78.1 cm³/mol. The minimum absolute atomic E-state index is 0.173. The highest BCUT2D eigenvalue weighted by Crippen LogP contribution is 2.28. The Morgan fingerprint density at radius 3 is 2.85 bits per heavy atom. The molecule has 0 aromatic heterocycles. The third kappa shape index (κ3) is 3.71. The van der Waals surface area contributed by atoms with Crippen molar-refractivity contribution >= 4 is 5.91 Å². The van der Waals surface area contributed by atoms with E-state index in [4.69, 9.17) is 0 Å². The molecule has 2 aliphatic heterocycles. The summed E-state index contributed by atoms with van der Waals surface area (Å²) < 4.78 is 0. The molecule has 1 N–H and O–H groups in total. The maximum Gasteiger partial charge on any atom is 0.236 e. The van der Waals surface area contributed by atoms with Gasteiger partial charge in [-0.15, -0.1) is 0 Å². The number of amides is 1. The molecule has 1 amide bonds. The molecule has 2 rings (SSSR count). The number of likely N-dealkylation sites (tertiary alicyclic amines) is 1. The van der Waals surface area contributed by atoms with Crippen molar-refractivity contribution in [2.24, 2.45) is 5.41 Å². The second-order valence-electron chi connectivity index (χ2n) is 6.49. The highest BCUT2D eigenvalue weighted by Gasteiger charge is 2.33. The molecule has 1 atom stereocenters. The van der Waals surface area contributed by atoms with Crippen molar-refractivity contribution in [3.63, 3.8) is 0 Å². The van der Waals surface area contributed by atoms with Gasteiger partial charge in [0.2, 0.25) is 5.91 Å². The third-order valence-electron chi connectivity index (χ3n) is 4.64. The molecule has 0 bridgehead atoms. The quantitative estimate of drug-likeness (QED) is 0.830. The molecular formula is C15H26N4O. The summed E-state index contributed by atoms with van der Waals surface area (Å²) in [7, 11) is 2.04. The van der Waals surface area contributed by atoms with Crippen LogP contribution in [0.3, 0.4) is 0 Å². The average Bonchev–Trinajstić information content (AvgIpc) is 2.48. The number of carbonyl (C=O) groups excluding carboxylic acids is 1. The molecule has 112 valence electrons. The summed E-state index contributed by atoms with van der Waals surface area (Å²) in [4.78, 5) is 16.5. The zero-order valence-electron chi connectivity index (χ0n) is 12.7. The van der Waals surface area contributed by atoms with E-state index < -0.39 is 0 Å². The number of nitrogens with zero attached hydrogens (tertiary/aromatic N) is 3. The highest BCUT2D eigenvalue weighted by atomic mass is 16.2. The van der Waals surface area contributed by atoms with E-state index in [2.05, 4.69) is 16.3 Å². The number of carbonyl (C=O) groups is 1. The zero-order valence-corrected chi connectivity index (χ0v) is 12.7. The maximum atomic E-state index is 12.4. The Morgan fingerprint density at radius 1 is 1.50 bits per heavy atom. The lowest BCUT2D eigenvalue weighted by atomic mass is 9.83. The summed E-state index contributed by atoms with van der Waals surface area (Å²) in [6.45, 7) is 5.91. The highest BCUT2D eigenvalue weighted by molar-refractivity contribution is 5.78. The number of nitriles is 1. The second-order valence-corrected chi connectivity index (χ2v) is 6.49. The largest absolute Gasteiger partial charge is 0.340 e. The van der Waals surface area contributed by atoms with Gasteiger partial charge in [-0.2, -0.15) is 5.26 Å². The topological polar surface area (TPSA) is 59.4 Å². The van der Waals surface area contributed by atoms with Crippen LogP contribution in [0.1, 0.15) is 32.6 Å². The first-order valence-electron chi connectivity index (χ1n) is 7.64. The molecular weight excluding hydrogens is 252 g/mol. The number of hydrogen-bond donors (Lipinski definition) is 1. The Hall–Kier alpha value is -1.12. The standard InChI is InChI=1S/C15H26N4O/c1-15(11-16)6-3-9-19(12-15)14(20)10-18(2)13-4-7-17-8-5-13/h13,17H,3-10,12H2,1-2H3/t15-/m1/s1. The fraction of sp³-hybridized carbons (Fsp3) is 0.867. The van der Waals surface area contributed by atoms with E-state index in [1.165, 1.54) is 0 Å². The van der Waals surface area contributed by atoms with Crippen LogP contribution in [0.2, 0.25) is 0 Å². The molecule has 2 heterocycles. The zero-order chi connectivity index (χ0) is 14.6. The van der Waals surface area contributed by atoms with Gasteiger partial charge in [0.25, 0.3) is 0 Å². The molecule has 0 unspecified atom stereocenters. The lowest BCUT2D eigenvalue weighted by Gasteiger charge is -2.38. The molecule has 0 saturated carbocycles. The van der Waals surface area contributed by atoms with Crippen LogP contribution in [0.4, 0.5) is 0 Å². The van der Waals surface area contributed by atoms with Crippen LogP contribution < -0.4 is 5.32 Å². The van der Waals surface area contributed by atoms with Crippen molar-refractivity contribution in [2.45, 2.75) is 38.6 Å². The summed E-state index contributed by atoms with van der Waals surface area (Å²) in [5, 5.41) is 12.6. The van der Waals surface area contributed by atoms with Gasteiger partial charge in [0.1, 0.15) is 0 Å². The van der Waals surface area contributed by atoms with Gasteiger partial charge in [-0.3, -0.25) is 9.69 Å². The van der Waals surface area contributed by atoms with E-state index in [1.807, 2.05) is 18.9 Å². The number of piperidine rings is 2. The molecule has 0 aliphatic carbocycles. The number of likely N-dealkylation sites (N-methyl/N-ethyl adjacent to an activating group) is 1. The van der Waals surface area contributed by atoms with Crippen LogP contribution in [0.5, 0.6) is 0 Å². The van der Waals surface area contributed by atoms with Crippen molar-refractivity contribution in [1.29, 1.82) is 5.26 Å². The first-order chi connectivity index (χ1) is 9.54. The molecule has 0 radical (unpaired) electrons. The minimum atomic E-state index is -0.360. The Labute approximate surface area is 121 Å². The van der Waals surface area contributed by atoms with Gasteiger partial charge < -0.3 is 10.2 Å². The first kappa shape index (κ1) is 15.3. The van der Waals surface area contributed by atoms with Crippen molar-refractivity contribution < 1.29 is 4.79 Å². The van der Waals surface area contributed by atoms with Crippen LogP contribution >= 0.6 is 0 Å². The van der Waals surface area contributed by atoms with Crippen LogP contribution in [-0.2, 0) is 4.79 Å². The monoisotopic (exact) mass is 278 g/mol. The number of hydrogen-bond acceptors (Lipinski definition) is 4. The van der Waals surface area contributed by atoms with Gasteiger partial charge >= 0.3 is 0 Å². The summed E-state index contributed by atoms with van der Waals surface area (Å²) in [5.41, 5.74) is -0.360. The minimum Gasteiger partial charge on any atom is -0.340 e. The van der Waals surface area contributed by atoms with Crippen LogP contribution in [0.25, 0.3) is 0 Å². The van der Waals surface area contributed by atoms with Gasteiger partial charge in [0.15, 0.2) is 0 Å². The molecule has 0 spiro atoms. The van der Waals surface area contributed by atoms with E-state index in [1.54, 1.807) is 0 Å². The van der Waals surface area contributed by atoms with Gasteiger partial charge in [-0.1, -0.05) is 0 Å². The summed E-state index contributed by atoms with van der Waals surface area (Å²) in [6.07, 6.45) is 4.06. The SMILES string of the molecule is CN(CC(=O)N1CCC[C@](C)(C#N)C1)C1CCNCC1. The van der Waals surface area contributed by atoms with Gasteiger partial charge in [0, 0.05) is 19.1 Å². The molecule has 2 fully saturated rings. The van der Waals surface area contributed by atoms with E-state index in [9.17, 15) is 10.1 Å². The van der Waals surface area contributed by atoms with E-state index in [-0.39, 0.29) is 11.3 Å². The van der Waals surface area contributed by atoms with E-state index in [0.29, 0.717) is 19.1 Å². The van der Waals surface area contributed by atoms with Crippen LogP contribution in [-0.4, -0.2) is 61.5 Å². The lowest BCUT2D eigenvalue weighted by Crippen LogP contribution is -2.50. The molecule has 20 heavy (non-hydrogen) atoms. The first-order valence-corrected chi connectivity index (χ1v) is 7.64. The lowest BCUT2D eigenvalue weighted by molar-refractivity contribution is -0.135. The van der Waals surface area contributed by atoms with E-state index in [0.717, 1.165) is 45.3 Å². The number of nitrogens with one attached hydrogen (secondary N) is 1.